The van der Waals surface area contributed by atoms with Gasteiger partial charge in [0.1, 0.15) is 0 Å². The Labute approximate surface area is 98.8 Å². The molecule has 0 heterocycles. The maximum atomic E-state index is 5.44. The van der Waals surface area contributed by atoms with Crippen molar-refractivity contribution in [2.24, 2.45) is 10.8 Å². The van der Waals surface area contributed by atoms with Gasteiger partial charge in [0.05, 0.1) is 13.2 Å². The van der Waals surface area contributed by atoms with Crippen LogP contribution in [-0.4, -0.2) is 31.8 Å². The van der Waals surface area contributed by atoms with Gasteiger partial charge in [-0.2, -0.15) is 0 Å². The summed E-state index contributed by atoms with van der Waals surface area (Å²) in [5.74, 6) is 6.08. The summed E-state index contributed by atoms with van der Waals surface area (Å²) >= 11 is 0. The maximum Gasteiger partial charge on any atom is 0.206 e. The van der Waals surface area contributed by atoms with Gasteiger partial charge in [-0.15, -0.1) is 0 Å². The third-order valence-corrected chi connectivity index (χ3v) is 3.12. The van der Waals surface area contributed by atoms with Gasteiger partial charge in [-0.1, -0.05) is 20.8 Å². The van der Waals surface area contributed by atoms with Gasteiger partial charge in [0.25, 0.3) is 0 Å². The zero-order chi connectivity index (χ0) is 12.4. The lowest BCUT2D eigenvalue weighted by Crippen LogP contribution is -2.53. The van der Waals surface area contributed by atoms with E-state index in [0.717, 1.165) is 19.3 Å². The van der Waals surface area contributed by atoms with E-state index in [1.54, 1.807) is 7.11 Å². The van der Waals surface area contributed by atoms with Gasteiger partial charge in [0, 0.05) is 12.6 Å². The van der Waals surface area contributed by atoms with Gasteiger partial charge in [-0.05, 0) is 19.3 Å². The number of nitrogens with two attached hydrogens (primary N) is 1. The average Bonchev–Trinajstić information content (AvgIpc) is 2.34. The summed E-state index contributed by atoms with van der Waals surface area (Å²) in [4.78, 5) is 4.31. The molecule has 5 heteroatoms. The first kappa shape index (κ1) is 15.2. The molecule has 4 N–H and O–H groups in total. The van der Waals surface area contributed by atoms with Crippen molar-refractivity contribution in [2.75, 3.05) is 20.3 Å². The number of hydrazine groups is 1. The fourth-order valence-corrected chi connectivity index (χ4v) is 1.64. The third-order valence-electron chi connectivity index (χ3n) is 3.12. The first-order chi connectivity index (χ1) is 7.67. The number of ether oxygens (including phenoxy) is 1. The minimum absolute atomic E-state index is 0.0816. The molecule has 0 aliphatic heterocycles. The van der Waals surface area contributed by atoms with Crippen molar-refractivity contribution in [1.82, 2.24) is 10.7 Å². The minimum atomic E-state index is 0.0816. The van der Waals surface area contributed by atoms with Crippen LogP contribution >= 0.6 is 0 Å². The maximum absolute atomic E-state index is 5.44. The summed E-state index contributed by atoms with van der Waals surface area (Å²) in [5.41, 5.74) is 2.68. The number of aliphatic imine (C=N–C) groups is 1. The number of nitrogens with zero attached hydrogens (tertiary/aromatic N) is 1. The van der Waals surface area contributed by atoms with Crippen LogP contribution in [0.1, 0.15) is 40.0 Å². The second kappa shape index (κ2) is 8.35. The van der Waals surface area contributed by atoms with Crippen molar-refractivity contribution >= 4 is 5.96 Å². The van der Waals surface area contributed by atoms with Crippen LogP contribution in [0.4, 0.5) is 0 Å². The van der Waals surface area contributed by atoms with Crippen LogP contribution in [-0.2, 0) is 4.74 Å². The molecule has 0 rings (SSSR count). The quantitative estimate of drug-likeness (QED) is 0.201. The summed E-state index contributed by atoms with van der Waals surface area (Å²) in [5, 5.41) is 3.38. The molecule has 0 aromatic carbocycles. The van der Waals surface area contributed by atoms with Gasteiger partial charge in [-0.25, -0.2) is 10.8 Å². The van der Waals surface area contributed by atoms with Crippen LogP contribution in [0, 0.1) is 0 Å². The molecule has 0 aliphatic rings. The molecule has 0 saturated carbocycles. The number of nitrogens with one attached hydrogen (secondary N) is 2. The second-order valence-corrected chi connectivity index (χ2v) is 3.83. The normalized spacial score (nSPS) is 12.7. The molecular formula is C11H26N4O. The van der Waals surface area contributed by atoms with E-state index in [-0.39, 0.29) is 5.54 Å². The van der Waals surface area contributed by atoms with Crippen molar-refractivity contribution < 1.29 is 4.74 Å². The molecule has 0 aromatic rings. The number of hydrogen-bond acceptors (Lipinski definition) is 3. The Balaban J connectivity index is 4.42. The van der Waals surface area contributed by atoms with Crippen LogP contribution in [0.25, 0.3) is 0 Å². The molecule has 0 saturated heterocycles. The average molecular weight is 230 g/mol. The van der Waals surface area contributed by atoms with Crippen LogP contribution in [0.15, 0.2) is 4.99 Å². The summed E-state index contributed by atoms with van der Waals surface area (Å²) in [6, 6.07) is 0. The molecule has 0 unspecified atom stereocenters. The molecule has 5 nitrogen and oxygen atoms in total. The monoisotopic (exact) mass is 230 g/mol. The van der Waals surface area contributed by atoms with Crippen molar-refractivity contribution in [3.63, 3.8) is 0 Å². The predicted molar refractivity (Wildman–Crippen MR) is 68.2 cm³/mol. The largest absolute Gasteiger partial charge is 0.383 e. The summed E-state index contributed by atoms with van der Waals surface area (Å²) in [6.07, 6.45) is 3.14. The summed E-state index contributed by atoms with van der Waals surface area (Å²) < 4.78 is 4.94. The molecule has 0 radical (unpaired) electrons. The number of hydrogen-bond donors (Lipinski definition) is 3. The van der Waals surface area contributed by atoms with E-state index in [1.807, 2.05) is 0 Å². The highest BCUT2D eigenvalue weighted by atomic mass is 16.5. The topological polar surface area (TPSA) is 71.7 Å². The highest BCUT2D eigenvalue weighted by Crippen LogP contribution is 2.18. The molecule has 0 fully saturated rings. The summed E-state index contributed by atoms with van der Waals surface area (Å²) in [6.45, 7) is 7.72. The Morgan fingerprint density at radius 2 is 1.81 bits per heavy atom. The third kappa shape index (κ3) is 4.81. The Hall–Kier alpha value is -0.810. The van der Waals surface area contributed by atoms with Gasteiger partial charge in [0.2, 0.25) is 5.96 Å². The fourth-order valence-electron chi connectivity index (χ4n) is 1.64. The zero-order valence-electron chi connectivity index (χ0n) is 11.0. The van der Waals surface area contributed by atoms with E-state index in [2.05, 4.69) is 36.5 Å². The zero-order valence-corrected chi connectivity index (χ0v) is 11.0. The first-order valence-electron chi connectivity index (χ1n) is 5.96. The summed E-state index contributed by atoms with van der Waals surface area (Å²) in [7, 11) is 1.66. The fraction of sp³-hybridized carbons (Fsp3) is 0.909. The highest BCUT2D eigenvalue weighted by molar-refractivity contribution is 5.79. The van der Waals surface area contributed by atoms with E-state index in [9.17, 15) is 0 Å². The number of rotatable bonds is 7. The molecule has 16 heavy (non-hydrogen) atoms. The lowest BCUT2D eigenvalue weighted by molar-refractivity contribution is 0.207. The minimum Gasteiger partial charge on any atom is -0.383 e. The Morgan fingerprint density at radius 1 is 1.25 bits per heavy atom. The SMILES string of the molecule is CCC(CC)(CC)NC(=NCCOC)NN. The van der Waals surface area contributed by atoms with E-state index >= 15 is 0 Å². The Kier molecular flexibility index (Phi) is 7.93. The number of guanidine groups is 1. The molecule has 96 valence electrons. The van der Waals surface area contributed by atoms with Crippen molar-refractivity contribution in [3.8, 4) is 0 Å². The van der Waals surface area contributed by atoms with E-state index in [1.165, 1.54) is 0 Å². The number of methoxy groups -OCH3 is 1. The standard InChI is InChI=1S/C11H26N4O/c1-5-11(6-2,7-3)14-10(15-12)13-8-9-16-4/h5-9,12H2,1-4H3,(H2,13,14,15). The molecule has 0 aromatic heterocycles. The second-order valence-electron chi connectivity index (χ2n) is 3.83. The van der Waals surface area contributed by atoms with Crippen LogP contribution in [0.5, 0.6) is 0 Å². The van der Waals surface area contributed by atoms with Crippen molar-refractivity contribution in [2.45, 2.75) is 45.6 Å². The van der Waals surface area contributed by atoms with Gasteiger partial charge in [0.15, 0.2) is 0 Å². The Morgan fingerprint density at radius 3 is 2.19 bits per heavy atom. The lowest BCUT2D eigenvalue weighted by atomic mass is 9.90. The first-order valence-corrected chi connectivity index (χ1v) is 5.96. The predicted octanol–water partition coefficient (Wildman–Crippen LogP) is 1.01. The lowest BCUT2D eigenvalue weighted by Gasteiger charge is -2.33. The van der Waals surface area contributed by atoms with E-state index in [4.69, 9.17) is 10.6 Å². The molecule has 0 amide bonds. The van der Waals surface area contributed by atoms with Gasteiger partial charge < -0.3 is 10.1 Å². The molecule has 0 bridgehead atoms. The van der Waals surface area contributed by atoms with Gasteiger partial charge >= 0.3 is 0 Å². The molecular weight excluding hydrogens is 204 g/mol. The van der Waals surface area contributed by atoms with Crippen LogP contribution < -0.4 is 16.6 Å². The van der Waals surface area contributed by atoms with E-state index in [0.29, 0.717) is 19.1 Å². The van der Waals surface area contributed by atoms with E-state index < -0.39 is 0 Å². The smallest absolute Gasteiger partial charge is 0.206 e. The Bertz CT molecular complexity index is 194. The van der Waals surface area contributed by atoms with Crippen molar-refractivity contribution in [1.29, 1.82) is 0 Å². The van der Waals surface area contributed by atoms with Crippen molar-refractivity contribution in [3.05, 3.63) is 0 Å². The van der Waals surface area contributed by atoms with Gasteiger partial charge in [-0.3, -0.25) is 5.43 Å². The molecule has 0 spiro atoms. The van der Waals surface area contributed by atoms with Crippen LogP contribution in [0.2, 0.25) is 0 Å². The van der Waals surface area contributed by atoms with Crippen LogP contribution in [0.3, 0.4) is 0 Å². The molecule has 0 aliphatic carbocycles. The molecule has 0 atom stereocenters. The highest BCUT2D eigenvalue weighted by Gasteiger charge is 2.24.